The number of rotatable bonds is 5. The van der Waals surface area contributed by atoms with E-state index in [1.165, 1.54) is 0 Å². The maximum atomic E-state index is 12.4. The molecular weight excluding hydrogens is 318 g/mol. The van der Waals surface area contributed by atoms with Crippen LogP contribution in [0.15, 0.2) is 47.2 Å². The highest BCUT2D eigenvalue weighted by Gasteiger charge is 2.41. The topological polar surface area (TPSA) is 67.6 Å². The fourth-order valence-electron chi connectivity index (χ4n) is 3.73. The molecule has 4 rings (SSSR count). The van der Waals surface area contributed by atoms with Crippen LogP contribution in [0.2, 0.25) is 0 Å². The molecule has 0 unspecified atom stereocenters. The van der Waals surface area contributed by atoms with Gasteiger partial charge >= 0.3 is 0 Å². The van der Waals surface area contributed by atoms with E-state index in [1.54, 1.807) is 6.26 Å². The Morgan fingerprint density at radius 3 is 3.08 bits per heavy atom. The van der Waals surface area contributed by atoms with Gasteiger partial charge in [0.25, 0.3) is 0 Å². The second kappa shape index (κ2) is 7.37. The van der Waals surface area contributed by atoms with E-state index < -0.39 is 0 Å². The van der Waals surface area contributed by atoms with Gasteiger partial charge in [-0.05, 0) is 49.6 Å². The molecule has 0 aliphatic carbocycles. The number of nitrogens with one attached hydrogen (secondary N) is 1. The second-order valence-electron chi connectivity index (χ2n) is 6.80. The Labute approximate surface area is 147 Å². The molecule has 0 bridgehead atoms. The Morgan fingerprint density at radius 2 is 2.28 bits per heavy atom. The Bertz CT molecular complexity index is 689. The van der Waals surface area contributed by atoms with Crippen LogP contribution in [0.1, 0.15) is 24.3 Å². The van der Waals surface area contributed by atoms with E-state index in [0.717, 1.165) is 43.9 Å². The lowest BCUT2D eigenvalue weighted by atomic mass is 9.91. The van der Waals surface area contributed by atoms with E-state index >= 15 is 0 Å². The molecule has 6 heteroatoms. The summed E-state index contributed by atoms with van der Waals surface area (Å²) in [5.74, 6) is 1.19. The number of piperidine rings is 1. The summed E-state index contributed by atoms with van der Waals surface area (Å²) < 4.78 is 11.3. The molecule has 2 fully saturated rings. The molecule has 3 atom stereocenters. The lowest BCUT2D eigenvalue weighted by molar-refractivity contribution is -0.133. The van der Waals surface area contributed by atoms with Gasteiger partial charge in [-0.15, -0.1) is 0 Å². The minimum absolute atomic E-state index is 0.0397. The van der Waals surface area contributed by atoms with Gasteiger partial charge < -0.3 is 14.5 Å². The monoisotopic (exact) mass is 341 g/mol. The highest BCUT2D eigenvalue weighted by molar-refractivity contribution is 5.81. The number of aromatic nitrogens is 1. The number of hydrogen-bond acceptors (Lipinski definition) is 5. The maximum Gasteiger partial charge on any atom is 0.249 e. The molecule has 2 aromatic rings. The molecule has 0 saturated carbocycles. The summed E-state index contributed by atoms with van der Waals surface area (Å²) in [6.45, 7) is 3.14. The molecule has 6 nitrogen and oxygen atoms in total. The molecule has 25 heavy (non-hydrogen) atoms. The van der Waals surface area contributed by atoms with Crippen LogP contribution in [0, 0.1) is 5.92 Å². The smallest absolute Gasteiger partial charge is 0.249 e. The van der Waals surface area contributed by atoms with Crippen molar-refractivity contribution in [1.82, 2.24) is 15.2 Å². The number of pyridine rings is 1. The summed E-state index contributed by atoms with van der Waals surface area (Å²) in [5.41, 5.74) is 1.08. The SMILES string of the molecule is O=C(NCc1ccco1)[C@@H]1C[C@H]2CCN(Cc3ccccn3)C[C@@H]2O1. The number of furan rings is 1. The van der Waals surface area contributed by atoms with Gasteiger partial charge in [0, 0.05) is 19.3 Å². The zero-order valence-electron chi connectivity index (χ0n) is 14.1. The summed E-state index contributed by atoms with van der Waals surface area (Å²) in [6.07, 6.45) is 5.11. The number of hydrogen-bond donors (Lipinski definition) is 1. The van der Waals surface area contributed by atoms with Gasteiger partial charge in [0.2, 0.25) is 5.91 Å². The van der Waals surface area contributed by atoms with Crippen molar-refractivity contribution in [3.8, 4) is 0 Å². The fourth-order valence-corrected chi connectivity index (χ4v) is 3.73. The number of likely N-dealkylation sites (tertiary alicyclic amines) is 1. The third-order valence-electron chi connectivity index (χ3n) is 5.06. The minimum atomic E-state index is -0.347. The Balaban J connectivity index is 1.28. The Kier molecular flexibility index (Phi) is 4.81. The van der Waals surface area contributed by atoms with Crippen molar-refractivity contribution in [2.45, 2.75) is 38.1 Å². The van der Waals surface area contributed by atoms with Gasteiger partial charge in [0.1, 0.15) is 11.9 Å². The second-order valence-corrected chi connectivity index (χ2v) is 6.80. The number of ether oxygens (including phenoxy) is 1. The van der Waals surface area contributed by atoms with Crippen molar-refractivity contribution in [1.29, 1.82) is 0 Å². The maximum absolute atomic E-state index is 12.4. The van der Waals surface area contributed by atoms with Crippen LogP contribution in [-0.2, 0) is 22.6 Å². The summed E-state index contributed by atoms with van der Waals surface area (Å²) in [4.78, 5) is 19.1. The first-order valence-electron chi connectivity index (χ1n) is 8.86. The van der Waals surface area contributed by atoms with Gasteiger partial charge in [-0.3, -0.25) is 14.7 Å². The minimum Gasteiger partial charge on any atom is -0.467 e. The van der Waals surface area contributed by atoms with E-state index in [2.05, 4.69) is 15.2 Å². The van der Waals surface area contributed by atoms with Crippen LogP contribution < -0.4 is 5.32 Å². The van der Waals surface area contributed by atoms with Crippen molar-refractivity contribution in [2.24, 2.45) is 5.92 Å². The van der Waals surface area contributed by atoms with Gasteiger partial charge in [-0.25, -0.2) is 0 Å². The quantitative estimate of drug-likeness (QED) is 0.901. The van der Waals surface area contributed by atoms with Crippen LogP contribution in [0.3, 0.4) is 0 Å². The molecule has 132 valence electrons. The van der Waals surface area contributed by atoms with Gasteiger partial charge in [0.05, 0.1) is 24.6 Å². The molecule has 0 radical (unpaired) electrons. The lowest BCUT2D eigenvalue weighted by Crippen LogP contribution is -2.42. The summed E-state index contributed by atoms with van der Waals surface area (Å²) in [7, 11) is 0. The molecule has 4 heterocycles. The highest BCUT2D eigenvalue weighted by Crippen LogP contribution is 2.33. The van der Waals surface area contributed by atoms with Crippen molar-refractivity contribution < 1.29 is 13.9 Å². The van der Waals surface area contributed by atoms with Crippen LogP contribution in [0.5, 0.6) is 0 Å². The van der Waals surface area contributed by atoms with Crippen LogP contribution in [0.25, 0.3) is 0 Å². The predicted octanol–water partition coefficient (Wildman–Crippen LogP) is 1.97. The zero-order valence-corrected chi connectivity index (χ0v) is 14.1. The summed E-state index contributed by atoms with van der Waals surface area (Å²) in [5, 5.41) is 2.91. The highest BCUT2D eigenvalue weighted by atomic mass is 16.5. The predicted molar refractivity (Wildman–Crippen MR) is 91.5 cm³/mol. The number of fused-ring (bicyclic) bond motifs is 1. The molecule has 2 aliphatic rings. The Hall–Kier alpha value is -2.18. The van der Waals surface area contributed by atoms with E-state index in [4.69, 9.17) is 9.15 Å². The molecule has 0 spiro atoms. The summed E-state index contributed by atoms with van der Waals surface area (Å²) >= 11 is 0. The molecule has 2 aromatic heterocycles. The summed E-state index contributed by atoms with van der Waals surface area (Å²) in [6, 6.07) is 9.66. The number of carbonyl (C=O) groups excluding carboxylic acids is 1. The molecule has 0 aromatic carbocycles. The van der Waals surface area contributed by atoms with Gasteiger partial charge in [-0.1, -0.05) is 6.07 Å². The van der Waals surface area contributed by atoms with Gasteiger partial charge in [-0.2, -0.15) is 0 Å². The Morgan fingerprint density at radius 1 is 1.32 bits per heavy atom. The molecule has 2 aliphatic heterocycles. The molecule has 1 N–H and O–H groups in total. The van der Waals surface area contributed by atoms with E-state index in [1.807, 2.05) is 36.5 Å². The van der Waals surface area contributed by atoms with E-state index in [-0.39, 0.29) is 18.1 Å². The largest absolute Gasteiger partial charge is 0.467 e. The van der Waals surface area contributed by atoms with Crippen molar-refractivity contribution in [2.75, 3.05) is 13.1 Å². The third kappa shape index (κ3) is 3.91. The van der Waals surface area contributed by atoms with Crippen LogP contribution in [0.4, 0.5) is 0 Å². The standard InChI is InChI=1S/C19H23N3O3/c23-19(21-11-16-5-3-9-24-16)17-10-14-6-8-22(13-18(14)25-17)12-15-4-1-2-7-20-15/h1-5,7,9,14,17-18H,6,8,10-13H2,(H,21,23)/t14-,17+,18+/m1/s1. The number of carbonyl (C=O) groups is 1. The average molecular weight is 341 g/mol. The van der Waals surface area contributed by atoms with Crippen LogP contribution >= 0.6 is 0 Å². The van der Waals surface area contributed by atoms with Crippen molar-refractivity contribution in [3.63, 3.8) is 0 Å². The fraction of sp³-hybridized carbons (Fsp3) is 0.474. The van der Waals surface area contributed by atoms with Crippen molar-refractivity contribution >= 4 is 5.91 Å². The normalized spacial score (nSPS) is 26.3. The third-order valence-corrected chi connectivity index (χ3v) is 5.06. The first-order chi connectivity index (χ1) is 12.3. The first-order valence-corrected chi connectivity index (χ1v) is 8.86. The molecule has 2 saturated heterocycles. The lowest BCUT2D eigenvalue weighted by Gasteiger charge is -2.33. The van der Waals surface area contributed by atoms with Crippen molar-refractivity contribution in [3.05, 3.63) is 54.2 Å². The van der Waals surface area contributed by atoms with E-state index in [0.29, 0.717) is 12.5 Å². The molecular formula is C19H23N3O3. The first kappa shape index (κ1) is 16.3. The molecule has 1 amide bonds. The van der Waals surface area contributed by atoms with Gasteiger partial charge in [0.15, 0.2) is 0 Å². The number of amides is 1. The van der Waals surface area contributed by atoms with E-state index in [9.17, 15) is 4.79 Å². The average Bonchev–Trinajstić information content (AvgIpc) is 3.30. The number of nitrogens with zero attached hydrogens (tertiary/aromatic N) is 2. The zero-order chi connectivity index (χ0) is 17.1. The van der Waals surface area contributed by atoms with Crippen LogP contribution in [-0.4, -0.2) is 41.1 Å².